The molecule has 1 aliphatic heterocycles. The number of nitrogens with zero attached hydrogens (tertiary/aromatic N) is 3. The minimum atomic E-state index is -4.57. The van der Waals surface area contributed by atoms with Crippen molar-refractivity contribution < 1.29 is 22.7 Å². The molecular formula is C15H14F3N3O2. The highest BCUT2D eigenvalue weighted by Gasteiger charge is 2.51. The maximum atomic E-state index is 13.3. The van der Waals surface area contributed by atoms with Crippen molar-refractivity contribution in [3.63, 3.8) is 0 Å². The van der Waals surface area contributed by atoms with Crippen LogP contribution in [-0.4, -0.2) is 52.2 Å². The lowest BCUT2D eigenvalue weighted by atomic mass is 10.1. The summed E-state index contributed by atoms with van der Waals surface area (Å²) in [7, 11) is 0. The molecule has 122 valence electrons. The maximum Gasteiger partial charge on any atom is 0.411 e. The van der Waals surface area contributed by atoms with Gasteiger partial charge in [0.15, 0.2) is 6.04 Å². The molecule has 0 unspecified atom stereocenters. The number of halogens is 3. The molecular weight excluding hydrogens is 311 g/mol. The number of hydrogen-bond donors (Lipinski definition) is 0. The van der Waals surface area contributed by atoms with Crippen molar-refractivity contribution in [2.75, 3.05) is 13.2 Å². The quantitative estimate of drug-likeness (QED) is 0.808. The zero-order chi connectivity index (χ0) is 16.6. The van der Waals surface area contributed by atoms with Crippen LogP contribution < -0.4 is 0 Å². The van der Waals surface area contributed by atoms with Crippen molar-refractivity contribution in [2.24, 2.45) is 0 Å². The molecule has 1 saturated heterocycles. The highest BCUT2D eigenvalue weighted by molar-refractivity contribution is 5.94. The average Bonchev–Trinajstić information content (AvgIpc) is 2.52. The van der Waals surface area contributed by atoms with Gasteiger partial charge in [-0.15, -0.1) is 0 Å². The van der Waals surface area contributed by atoms with Gasteiger partial charge in [-0.25, -0.2) is 4.98 Å². The Morgan fingerprint density at radius 1 is 1.30 bits per heavy atom. The molecule has 1 aromatic carbocycles. The Hall–Kier alpha value is -2.22. The van der Waals surface area contributed by atoms with E-state index in [2.05, 4.69) is 9.97 Å². The van der Waals surface area contributed by atoms with E-state index >= 15 is 0 Å². The minimum Gasteiger partial charge on any atom is -0.374 e. The second kappa shape index (κ2) is 5.77. The van der Waals surface area contributed by atoms with Gasteiger partial charge >= 0.3 is 6.18 Å². The minimum absolute atomic E-state index is 0.0560. The summed E-state index contributed by atoms with van der Waals surface area (Å²) in [6.45, 7) is 1.23. The lowest BCUT2D eigenvalue weighted by molar-refractivity contribution is -0.220. The van der Waals surface area contributed by atoms with Crippen molar-refractivity contribution in [1.29, 1.82) is 0 Å². The molecule has 0 bridgehead atoms. The third-order valence-corrected chi connectivity index (χ3v) is 3.76. The lowest BCUT2D eigenvalue weighted by Crippen LogP contribution is -2.59. The van der Waals surface area contributed by atoms with Gasteiger partial charge in [-0.1, -0.05) is 12.1 Å². The molecule has 0 radical (unpaired) electrons. The highest BCUT2D eigenvalue weighted by Crippen LogP contribution is 2.31. The van der Waals surface area contributed by atoms with E-state index in [0.29, 0.717) is 11.0 Å². The molecule has 0 N–H and O–H groups in total. The third kappa shape index (κ3) is 2.98. The van der Waals surface area contributed by atoms with Gasteiger partial charge in [-0.05, 0) is 19.1 Å². The first-order valence-corrected chi connectivity index (χ1v) is 7.09. The summed E-state index contributed by atoms with van der Waals surface area (Å²) in [5, 5.41) is 0. The molecule has 1 aromatic heterocycles. The number of amides is 1. The number of para-hydroxylation sites is 2. The summed E-state index contributed by atoms with van der Waals surface area (Å²) in [6, 6.07) is 4.87. The van der Waals surface area contributed by atoms with Crippen LogP contribution in [0.15, 0.2) is 30.5 Å². The first kappa shape index (κ1) is 15.7. The van der Waals surface area contributed by atoms with Crippen LogP contribution in [0.2, 0.25) is 0 Å². The van der Waals surface area contributed by atoms with Crippen molar-refractivity contribution >= 4 is 16.9 Å². The Bertz CT molecular complexity index is 735. The standard InChI is InChI=1S/C15H14F3N3O2/c1-9-13(15(16,17)18)21(6-7-23-9)14(22)12-8-19-10-4-2-3-5-11(10)20-12/h2-5,8-9,13H,6-7H2,1H3/t9-,13-/m0/s1. The van der Waals surface area contributed by atoms with E-state index in [4.69, 9.17) is 4.74 Å². The number of carbonyl (C=O) groups is 1. The number of hydrogen-bond acceptors (Lipinski definition) is 4. The fraction of sp³-hybridized carbons (Fsp3) is 0.400. The second-order valence-corrected chi connectivity index (χ2v) is 5.30. The molecule has 0 aliphatic carbocycles. The smallest absolute Gasteiger partial charge is 0.374 e. The second-order valence-electron chi connectivity index (χ2n) is 5.30. The monoisotopic (exact) mass is 325 g/mol. The molecule has 2 heterocycles. The van der Waals surface area contributed by atoms with E-state index in [1.54, 1.807) is 24.3 Å². The Morgan fingerprint density at radius 2 is 2.00 bits per heavy atom. The van der Waals surface area contributed by atoms with Gasteiger partial charge in [0, 0.05) is 6.54 Å². The van der Waals surface area contributed by atoms with Crippen LogP contribution in [0.1, 0.15) is 17.4 Å². The SMILES string of the molecule is C[C@@H]1OCCN(C(=O)c2cnc3ccccc3n2)[C@@H]1C(F)(F)F. The number of benzene rings is 1. The first-order chi connectivity index (χ1) is 10.9. The van der Waals surface area contributed by atoms with Crippen LogP contribution in [0, 0.1) is 0 Å². The largest absolute Gasteiger partial charge is 0.411 e. The number of ether oxygens (including phenoxy) is 1. The molecule has 23 heavy (non-hydrogen) atoms. The van der Waals surface area contributed by atoms with Gasteiger partial charge in [0.1, 0.15) is 5.69 Å². The Labute approximate surface area is 130 Å². The number of aromatic nitrogens is 2. The molecule has 8 heteroatoms. The highest BCUT2D eigenvalue weighted by atomic mass is 19.4. The van der Waals surface area contributed by atoms with E-state index in [1.165, 1.54) is 13.1 Å². The molecule has 2 aromatic rings. The van der Waals surface area contributed by atoms with Gasteiger partial charge < -0.3 is 9.64 Å². The van der Waals surface area contributed by atoms with Crippen LogP contribution >= 0.6 is 0 Å². The van der Waals surface area contributed by atoms with Gasteiger partial charge in [0.05, 0.1) is 29.9 Å². The maximum absolute atomic E-state index is 13.3. The normalized spacial score (nSPS) is 22.3. The van der Waals surface area contributed by atoms with Crippen LogP contribution in [0.3, 0.4) is 0 Å². The lowest BCUT2D eigenvalue weighted by Gasteiger charge is -2.40. The first-order valence-electron chi connectivity index (χ1n) is 7.09. The zero-order valence-corrected chi connectivity index (χ0v) is 12.2. The van der Waals surface area contributed by atoms with Gasteiger partial charge in [-0.3, -0.25) is 9.78 Å². The van der Waals surface area contributed by atoms with Crippen molar-refractivity contribution in [3.8, 4) is 0 Å². The average molecular weight is 325 g/mol. The third-order valence-electron chi connectivity index (χ3n) is 3.76. The molecule has 0 spiro atoms. The Balaban J connectivity index is 1.96. The van der Waals surface area contributed by atoms with E-state index in [9.17, 15) is 18.0 Å². The fourth-order valence-electron chi connectivity index (χ4n) is 2.70. The van der Waals surface area contributed by atoms with Crippen molar-refractivity contribution in [2.45, 2.75) is 25.2 Å². The van der Waals surface area contributed by atoms with Crippen molar-refractivity contribution in [1.82, 2.24) is 14.9 Å². The molecule has 0 saturated carbocycles. The summed E-state index contributed by atoms with van der Waals surface area (Å²) in [5.74, 6) is -0.791. The van der Waals surface area contributed by atoms with E-state index in [1.807, 2.05) is 0 Å². The van der Waals surface area contributed by atoms with Crippen LogP contribution in [0.4, 0.5) is 13.2 Å². The summed E-state index contributed by atoms with van der Waals surface area (Å²) >= 11 is 0. The van der Waals surface area contributed by atoms with Gasteiger partial charge in [-0.2, -0.15) is 13.2 Å². The molecule has 1 amide bonds. The predicted molar refractivity (Wildman–Crippen MR) is 75.8 cm³/mol. The Morgan fingerprint density at radius 3 is 2.70 bits per heavy atom. The number of rotatable bonds is 1. The summed E-state index contributed by atoms with van der Waals surface area (Å²) in [4.78, 5) is 21.5. The number of morpholine rings is 1. The Kier molecular flexibility index (Phi) is 3.93. The topological polar surface area (TPSA) is 55.3 Å². The zero-order valence-electron chi connectivity index (χ0n) is 12.2. The van der Waals surface area contributed by atoms with E-state index < -0.39 is 24.2 Å². The van der Waals surface area contributed by atoms with Crippen molar-refractivity contribution in [3.05, 3.63) is 36.2 Å². The molecule has 2 atom stereocenters. The summed E-state index contributed by atoms with van der Waals surface area (Å²) < 4.78 is 44.8. The number of carbonyl (C=O) groups excluding carboxylic acids is 1. The fourth-order valence-corrected chi connectivity index (χ4v) is 2.70. The van der Waals surface area contributed by atoms with Crippen LogP contribution in [0.5, 0.6) is 0 Å². The van der Waals surface area contributed by atoms with Crippen LogP contribution in [-0.2, 0) is 4.74 Å². The summed E-state index contributed by atoms with van der Waals surface area (Å²) in [5.41, 5.74) is 0.932. The predicted octanol–water partition coefficient (Wildman–Crippen LogP) is 2.42. The van der Waals surface area contributed by atoms with E-state index in [0.717, 1.165) is 4.90 Å². The van der Waals surface area contributed by atoms with Gasteiger partial charge in [0.25, 0.3) is 5.91 Å². The van der Waals surface area contributed by atoms with Crippen LogP contribution in [0.25, 0.3) is 11.0 Å². The van der Waals surface area contributed by atoms with E-state index in [-0.39, 0.29) is 18.8 Å². The van der Waals surface area contributed by atoms with Gasteiger partial charge in [0.2, 0.25) is 0 Å². The molecule has 3 rings (SSSR count). The molecule has 5 nitrogen and oxygen atoms in total. The number of fused-ring (bicyclic) bond motifs is 1. The summed E-state index contributed by atoms with van der Waals surface area (Å²) in [6.07, 6.45) is -4.49. The number of alkyl halides is 3. The molecule has 1 aliphatic rings. The molecule has 1 fully saturated rings.